The Hall–Kier alpha value is -3.60. The average molecular weight is 534 g/mol. The smallest absolute Gasteiger partial charge is 0.326 e. The van der Waals surface area contributed by atoms with Gasteiger partial charge in [-0.25, -0.2) is 4.79 Å². The molecule has 36 heavy (non-hydrogen) atoms. The van der Waals surface area contributed by atoms with Gasteiger partial charge in [-0.15, -0.1) is 0 Å². The van der Waals surface area contributed by atoms with Crippen molar-refractivity contribution in [1.29, 1.82) is 0 Å². The van der Waals surface area contributed by atoms with E-state index in [1.54, 1.807) is 0 Å². The van der Waals surface area contributed by atoms with E-state index in [2.05, 4.69) is 20.9 Å². The molecule has 0 aromatic heterocycles. The van der Waals surface area contributed by atoms with Gasteiger partial charge in [-0.1, -0.05) is 0 Å². The number of nitrogens with two attached hydrogens (primary N) is 5. The fourth-order valence-corrected chi connectivity index (χ4v) is 3.27. The van der Waals surface area contributed by atoms with Crippen LogP contribution in [0.15, 0.2) is 4.99 Å². The zero-order valence-electron chi connectivity index (χ0n) is 19.9. The highest BCUT2D eigenvalue weighted by Crippen LogP contribution is 2.05. The molecule has 4 atom stereocenters. The molecule has 0 spiro atoms. The number of nitrogens with zero attached hydrogens (tertiary/aromatic N) is 1. The van der Waals surface area contributed by atoms with Gasteiger partial charge in [0.05, 0.1) is 18.9 Å². The van der Waals surface area contributed by atoms with Gasteiger partial charge in [0.25, 0.3) is 0 Å². The van der Waals surface area contributed by atoms with E-state index in [0.717, 1.165) is 0 Å². The quantitative estimate of drug-likeness (QED) is 0.0458. The molecule has 14 N–H and O–H groups in total. The second-order valence-electron chi connectivity index (χ2n) is 7.70. The van der Waals surface area contributed by atoms with Crippen LogP contribution in [0.25, 0.3) is 0 Å². The fraction of sp³-hybridized carbons (Fsp3) is 0.632. The van der Waals surface area contributed by atoms with Crippen molar-refractivity contribution in [2.24, 2.45) is 33.7 Å². The number of carboxylic acids is 1. The predicted molar refractivity (Wildman–Crippen MR) is 132 cm³/mol. The van der Waals surface area contributed by atoms with Crippen molar-refractivity contribution in [3.05, 3.63) is 0 Å². The molecule has 0 heterocycles. The van der Waals surface area contributed by atoms with E-state index in [9.17, 15) is 33.9 Å². The Morgan fingerprint density at radius 1 is 0.806 bits per heavy atom. The molecule has 0 rings (SSSR count). The number of carbonyl (C=O) groups is 6. The normalized spacial score (nSPS) is 13.8. The summed E-state index contributed by atoms with van der Waals surface area (Å²) in [6.45, 7) is 0.0807. The number of amides is 5. The minimum Gasteiger partial charge on any atom is -0.480 e. The first-order valence-electron chi connectivity index (χ1n) is 10.8. The van der Waals surface area contributed by atoms with Crippen LogP contribution in [-0.2, 0) is 28.8 Å². The molecule has 16 nitrogen and oxygen atoms in total. The third-order valence-corrected chi connectivity index (χ3v) is 5.25. The van der Waals surface area contributed by atoms with Crippen molar-refractivity contribution in [1.82, 2.24) is 16.0 Å². The van der Waals surface area contributed by atoms with Crippen LogP contribution in [-0.4, -0.2) is 89.3 Å². The first-order valence-corrected chi connectivity index (χ1v) is 12.2. The van der Waals surface area contributed by atoms with Crippen LogP contribution in [0.5, 0.6) is 0 Å². The molecule has 0 aromatic rings. The molecular weight excluding hydrogens is 498 g/mol. The van der Waals surface area contributed by atoms with Crippen molar-refractivity contribution in [3.8, 4) is 0 Å². The number of guanidine groups is 1. The monoisotopic (exact) mass is 533 g/mol. The number of primary amides is 2. The van der Waals surface area contributed by atoms with Gasteiger partial charge in [0.2, 0.25) is 29.5 Å². The van der Waals surface area contributed by atoms with E-state index in [-0.39, 0.29) is 25.3 Å². The standard InChI is InChI=1S/C19H35N9O7S/c1-36-6-4-9(20)15(31)27-11(7-13(21)29)17(33)26-10(3-2-5-25-19(23)24)16(32)28-12(18(34)35)8-14(22)30/h9-12H,2-8,20H2,1H3,(H2,21,29)(H2,22,30)(H,26,33)(H,27,31)(H,28,32)(H,34,35)(H4,23,24,25). The van der Waals surface area contributed by atoms with Gasteiger partial charge < -0.3 is 49.7 Å². The van der Waals surface area contributed by atoms with Crippen molar-refractivity contribution >= 4 is 53.2 Å². The maximum Gasteiger partial charge on any atom is 0.326 e. The van der Waals surface area contributed by atoms with Crippen LogP contribution in [0.2, 0.25) is 0 Å². The number of hydrogen-bond donors (Lipinski definition) is 9. The second-order valence-corrected chi connectivity index (χ2v) is 8.69. The zero-order valence-corrected chi connectivity index (χ0v) is 20.7. The molecule has 0 bridgehead atoms. The summed E-state index contributed by atoms with van der Waals surface area (Å²) in [5, 5.41) is 16.1. The molecule has 4 unspecified atom stereocenters. The zero-order chi connectivity index (χ0) is 27.8. The minimum atomic E-state index is -1.65. The lowest BCUT2D eigenvalue weighted by Crippen LogP contribution is -2.58. The van der Waals surface area contributed by atoms with E-state index in [1.807, 2.05) is 6.26 Å². The molecule has 5 amide bonds. The Morgan fingerprint density at radius 2 is 1.31 bits per heavy atom. The minimum absolute atomic E-state index is 0.0677. The topological polar surface area (TPSA) is 301 Å². The van der Waals surface area contributed by atoms with E-state index < -0.39 is 72.5 Å². The van der Waals surface area contributed by atoms with Gasteiger partial charge >= 0.3 is 5.97 Å². The molecule has 0 fully saturated rings. The van der Waals surface area contributed by atoms with Crippen LogP contribution < -0.4 is 44.6 Å². The summed E-state index contributed by atoms with van der Waals surface area (Å²) in [6, 6.07) is -5.41. The number of aliphatic carboxylic acids is 1. The summed E-state index contributed by atoms with van der Waals surface area (Å²) in [6.07, 6.45) is 0.964. The third kappa shape index (κ3) is 14.0. The number of rotatable bonds is 18. The lowest BCUT2D eigenvalue weighted by atomic mass is 10.1. The summed E-state index contributed by atoms with van der Waals surface area (Å²) < 4.78 is 0. The number of thioether (sulfide) groups is 1. The summed E-state index contributed by atoms with van der Waals surface area (Å²) in [5.41, 5.74) is 26.5. The van der Waals surface area contributed by atoms with Gasteiger partial charge in [0.15, 0.2) is 5.96 Å². The molecule has 0 saturated carbocycles. The van der Waals surface area contributed by atoms with Crippen LogP contribution in [0.3, 0.4) is 0 Å². The maximum absolute atomic E-state index is 12.9. The lowest BCUT2D eigenvalue weighted by Gasteiger charge is -2.24. The van der Waals surface area contributed by atoms with Gasteiger partial charge in [0, 0.05) is 6.54 Å². The van der Waals surface area contributed by atoms with Crippen LogP contribution >= 0.6 is 11.8 Å². The first kappa shape index (κ1) is 32.4. The molecule has 0 aliphatic heterocycles. The highest BCUT2D eigenvalue weighted by Gasteiger charge is 2.31. The highest BCUT2D eigenvalue weighted by molar-refractivity contribution is 7.98. The summed E-state index contributed by atoms with van der Waals surface area (Å²) in [5.74, 6) is -5.63. The number of carboxylic acid groups (broad SMARTS) is 1. The Labute approximate surface area is 211 Å². The SMILES string of the molecule is CSCCC(N)C(=O)NC(CC(N)=O)C(=O)NC(CCCN=C(N)N)C(=O)NC(CC(N)=O)C(=O)O. The second kappa shape index (κ2) is 16.9. The Bertz CT molecular complexity index is 836. The molecule has 0 aromatic carbocycles. The number of carbonyl (C=O) groups excluding carboxylic acids is 5. The molecule has 0 aliphatic rings. The van der Waals surface area contributed by atoms with Crippen molar-refractivity contribution in [2.75, 3.05) is 18.6 Å². The van der Waals surface area contributed by atoms with Gasteiger partial charge in [-0.05, 0) is 31.3 Å². The Balaban J connectivity index is 5.64. The van der Waals surface area contributed by atoms with Crippen molar-refractivity contribution < 1.29 is 33.9 Å². The summed E-state index contributed by atoms with van der Waals surface area (Å²) >= 11 is 1.46. The molecule has 0 aliphatic carbocycles. The lowest BCUT2D eigenvalue weighted by molar-refractivity contribution is -0.144. The molecule has 204 valence electrons. The van der Waals surface area contributed by atoms with E-state index in [0.29, 0.717) is 12.2 Å². The maximum atomic E-state index is 12.9. The van der Waals surface area contributed by atoms with Gasteiger partial charge in [-0.3, -0.25) is 29.0 Å². The fourth-order valence-electron chi connectivity index (χ4n) is 2.78. The Morgan fingerprint density at radius 3 is 1.81 bits per heavy atom. The molecule has 17 heteroatoms. The number of nitrogens with one attached hydrogen (secondary N) is 3. The summed E-state index contributed by atoms with van der Waals surface area (Å²) in [7, 11) is 0. The van der Waals surface area contributed by atoms with E-state index >= 15 is 0 Å². The van der Waals surface area contributed by atoms with Gasteiger partial charge in [0.1, 0.15) is 18.1 Å². The molecule has 0 saturated heterocycles. The third-order valence-electron chi connectivity index (χ3n) is 4.61. The van der Waals surface area contributed by atoms with E-state index in [1.165, 1.54) is 11.8 Å². The van der Waals surface area contributed by atoms with Crippen LogP contribution in [0, 0.1) is 0 Å². The molecular formula is C19H35N9O7S. The number of aliphatic imine (C=N–C) groups is 1. The first-order chi connectivity index (χ1) is 16.8. The van der Waals surface area contributed by atoms with Gasteiger partial charge in [-0.2, -0.15) is 11.8 Å². The molecule has 0 radical (unpaired) electrons. The summed E-state index contributed by atoms with van der Waals surface area (Å²) in [4.78, 5) is 75.8. The van der Waals surface area contributed by atoms with Crippen molar-refractivity contribution in [2.45, 2.75) is 56.3 Å². The number of hydrogen-bond acceptors (Lipinski definition) is 9. The highest BCUT2D eigenvalue weighted by atomic mass is 32.2. The Kier molecular flexibility index (Phi) is 15.2. The average Bonchev–Trinajstić information content (AvgIpc) is 2.77. The van der Waals surface area contributed by atoms with Crippen LogP contribution in [0.4, 0.5) is 0 Å². The predicted octanol–water partition coefficient (Wildman–Crippen LogP) is -4.59. The van der Waals surface area contributed by atoms with Crippen LogP contribution in [0.1, 0.15) is 32.1 Å². The van der Waals surface area contributed by atoms with Crippen molar-refractivity contribution in [3.63, 3.8) is 0 Å². The van der Waals surface area contributed by atoms with E-state index in [4.69, 9.17) is 28.7 Å². The largest absolute Gasteiger partial charge is 0.480 e.